The highest BCUT2D eigenvalue weighted by Gasteiger charge is 2.14. The Morgan fingerprint density at radius 3 is 1.63 bits per heavy atom. The normalized spacial score (nSPS) is 12.2. The maximum absolute atomic E-state index is 3.54. The Labute approximate surface area is 112 Å². The smallest absolute Gasteiger partial charge is 0.0820 e. The van der Waals surface area contributed by atoms with E-state index in [-0.39, 0.29) is 0 Å². The minimum atomic E-state index is 1.21. The van der Waals surface area contributed by atoms with Gasteiger partial charge >= 0.3 is 0 Å². The second-order valence-corrected chi connectivity index (χ2v) is 5.87. The molecule has 0 bridgehead atoms. The first kappa shape index (κ1) is 9.64. The van der Waals surface area contributed by atoms with Gasteiger partial charge in [-0.05, 0) is 12.1 Å². The van der Waals surface area contributed by atoms with Crippen molar-refractivity contribution in [2.24, 2.45) is 0 Å². The Morgan fingerprint density at radius 1 is 0.632 bits per heavy atom. The van der Waals surface area contributed by atoms with Crippen LogP contribution in [-0.4, -0.2) is 9.97 Å². The fourth-order valence-corrected chi connectivity index (χ4v) is 4.19. The van der Waals surface area contributed by atoms with Gasteiger partial charge < -0.3 is 9.97 Å². The van der Waals surface area contributed by atoms with Crippen molar-refractivity contribution in [1.29, 1.82) is 0 Å². The van der Waals surface area contributed by atoms with Gasteiger partial charge in [-0.1, -0.05) is 36.4 Å². The molecule has 90 valence electrons. The standard InChI is InChI=1S/C16H10N2S/c1-3-7-11-9(5-1)15-13(17-11)14-16(19-15)10-6-2-4-8-12(10)18-14/h1-8,17-18H. The first-order chi connectivity index (χ1) is 9.42. The van der Waals surface area contributed by atoms with Crippen molar-refractivity contribution in [1.82, 2.24) is 9.97 Å². The van der Waals surface area contributed by atoms with Crippen LogP contribution in [0.4, 0.5) is 0 Å². The summed E-state index contributed by atoms with van der Waals surface area (Å²) >= 11 is 1.87. The molecular weight excluding hydrogens is 252 g/mol. The summed E-state index contributed by atoms with van der Waals surface area (Å²) in [7, 11) is 0. The summed E-state index contributed by atoms with van der Waals surface area (Å²) in [6, 6.07) is 17.0. The Hall–Kier alpha value is -2.26. The van der Waals surface area contributed by atoms with Crippen molar-refractivity contribution in [2.45, 2.75) is 0 Å². The van der Waals surface area contributed by atoms with Gasteiger partial charge in [0.05, 0.1) is 20.4 Å². The number of aromatic amines is 2. The van der Waals surface area contributed by atoms with Crippen molar-refractivity contribution >= 4 is 53.6 Å². The van der Waals surface area contributed by atoms with Crippen LogP contribution in [-0.2, 0) is 0 Å². The van der Waals surface area contributed by atoms with Crippen LogP contribution >= 0.6 is 11.3 Å². The first-order valence-electron chi connectivity index (χ1n) is 6.31. The molecule has 0 unspecified atom stereocenters. The van der Waals surface area contributed by atoms with Crippen molar-refractivity contribution in [3.63, 3.8) is 0 Å². The lowest BCUT2D eigenvalue weighted by atomic mass is 10.2. The summed E-state index contributed by atoms with van der Waals surface area (Å²) in [4.78, 5) is 7.08. The average molecular weight is 262 g/mol. The van der Waals surface area contributed by atoms with Crippen molar-refractivity contribution in [3.8, 4) is 0 Å². The van der Waals surface area contributed by atoms with Gasteiger partial charge in [0, 0.05) is 21.8 Å². The van der Waals surface area contributed by atoms with E-state index in [1.807, 2.05) is 11.3 Å². The number of hydrogen-bond donors (Lipinski definition) is 2. The molecule has 2 nitrogen and oxygen atoms in total. The average Bonchev–Trinajstić information content (AvgIpc) is 3.07. The second kappa shape index (κ2) is 3.19. The number of aromatic nitrogens is 2. The summed E-state index contributed by atoms with van der Waals surface area (Å²) in [5.74, 6) is 0. The Bertz CT molecular complexity index is 977. The van der Waals surface area contributed by atoms with Crippen molar-refractivity contribution in [2.75, 3.05) is 0 Å². The van der Waals surface area contributed by atoms with E-state index in [1.54, 1.807) is 0 Å². The third-order valence-corrected chi connectivity index (χ3v) is 5.03. The molecule has 0 saturated carbocycles. The molecular formula is C16H10N2S. The van der Waals surface area contributed by atoms with Crippen LogP contribution in [0.5, 0.6) is 0 Å². The molecule has 2 N–H and O–H groups in total. The fraction of sp³-hybridized carbons (Fsp3) is 0. The molecule has 19 heavy (non-hydrogen) atoms. The largest absolute Gasteiger partial charge is 0.352 e. The molecule has 0 atom stereocenters. The lowest BCUT2D eigenvalue weighted by Gasteiger charge is -1.87. The van der Waals surface area contributed by atoms with Gasteiger partial charge in [-0.3, -0.25) is 0 Å². The lowest BCUT2D eigenvalue weighted by Crippen LogP contribution is -1.66. The quantitative estimate of drug-likeness (QED) is 0.393. The summed E-state index contributed by atoms with van der Waals surface area (Å²) in [5, 5.41) is 2.63. The molecule has 5 aromatic rings. The monoisotopic (exact) mass is 262 g/mol. The Balaban J connectivity index is 2.10. The number of H-pyrrole nitrogens is 2. The van der Waals surface area contributed by atoms with Gasteiger partial charge in [-0.25, -0.2) is 0 Å². The van der Waals surface area contributed by atoms with E-state index >= 15 is 0 Å². The van der Waals surface area contributed by atoms with E-state index in [4.69, 9.17) is 0 Å². The Morgan fingerprint density at radius 2 is 1.11 bits per heavy atom. The molecule has 0 aliphatic carbocycles. The SMILES string of the molecule is c1ccc2c(c1)[nH]c1c3[nH]c4ccccc4c3sc21. The van der Waals surface area contributed by atoms with Gasteiger partial charge in [0.25, 0.3) is 0 Å². The number of rotatable bonds is 0. The number of thiophene rings is 1. The molecule has 5 rings (SSSR count). The topological polar surface area (TPSA) is 31.6 Å². The molecule has 0 aliphatic rings. The molecule has 2 aromatic carbocycles. The summed E-state index contributed by atoms with van der Waals surface area (Å²) < 4.78 is 2.70. The van der Waals surface area contributed by atoms with Crippen LogP contribution in [0.25, 0.3) is 42.2 Å². The first-order valence-corrected chi connectivity index (χ1v) is 7.13. The zero-order chi connectivity index (χ0) is 12.4. The number of para-hydroxylation sites is 2. The zero-order valence-electron chi connectivity index (χ0n) is 10.0. The molecule has 0 saturated heterocycles. The summed E-state index contributed by atoms with van der Waals surface area (Å²) in [6.45, 7) is 0. The molecule has 0 spiro atoms. The highest BCUT2D eigenvalue weighted by molar-refractivity contribution is 7.27. The molecule has 0 fully saturated rings. The molecule has 3 aromatic heterocycles. The van der Waals surface area contributed by atoms with E-state index in [2.05, 4.69) is 58.5 Å². The van der Waals surface area contributed by atoms with Gasteiger partial charge in [-0.15, -0.1) is 11.3 Å². The number of benzene rings is 2. The van der Waals surface area contributed by atoms with Gasteiger partial charge in [0.2, 0.25) is 0 Å². The fourth-order valence-electron chi connectivity index (χ4n) is 2.90. The van der Waals surface area contributed by atoms with E-state index < -0.39 is 0 Å². The van der Waals surface area contributed by atoms with E-state index in [0.29, 0.717) is 0 Å². The van der Waals surface area contributed by atoms with Crippen LogP contribution in [0.1, 0.15) is 0 Å². The summed E-state index contributed by atoms with van der Waals surface area (Å²) in [6.07, 6.45) is 0. The second-order valence-electron chi connectivity index (χ2n) is 4.85. The molecule has 0 radical (unpaired) electrons. The van der Waals surface area contributed by atoms with Crippen LogP contribution in [0.15, 0.2) is 48.5 Å². The third-order valence-electron chi connectivity index (χ3n) is 3.77. The highest BCUT2D eigenvalue weighted by Crippen LogP contribution is 2.41. The Kier molecular flexibility index (Phi) is 1.62. The predicted octanol–water partition coefficient (Wildman–Crippen LogP) is 5.02. The van der Waals surface area contributed by atoms with E-state index in [9.17, 15) is 0 Å². The molecule has 0 aliphatic heterocycles. The van der Waals surface area contributed by atoms with E-state index in [0.717, 1.165) is 0 Å². The van der Waals surface area contributed by atoms with Gasteiger partial charge in [0.15, 0.2) is 0 Å². The molecule has 3 heterocycles. The van der Waals surface area contributed by atoms with Crippen molar-refractivity contribution in [3.05, 3.63) is 48.5 Å². The number of fused-ring (bicyclic) bond motifs is 7. The summed E-state index contributed by atoms with van der Waals surface area (Å²) in [5.41, 5.74) is 4.89. The lowest BCUT2D eigenvalue weighted by molar-refractivity contribution is 1.52. The molecule has 0 amide bonds. The third kappa shape index (κ3) is 1.11. The van der Waals surface area contributed by atoms with E-state index in [1.165, 1.54) is 42.2 Å². The van der Waals surface area contributed by atoms with Crippen LogP contribution in [0, 0.1) is 0 Å². The van der Waals surface area contributed by atoms with Gasteiger partial charge in [0.1, 0.15) is 0 Å². The number of hydrogen-bond acceptors (Lipinski definition) is 1. The van der Waals surface area contributed by atoms with Crippen LogP contribution in [0.2, 0.25) is 0 Å². The van der Waals surface area contributed by atoms with Crippen LogP contribution < -0.4 is 0 Å². The van der Waals surface area contributed by atoms with Crippen molar-refractivity contribution < 1.29 is 0 Å². The molecule has 3 heteroatoms. The van der Waals surface area contributed by atoms with Crippen LogP contribution in [0.3, 0.4) is 0 Å². The minimum absolute atomic E-state index is 1.21. The maximum Gasteiger partial charge on any atom is 0.0820 e. The highest BCUT2D eigenvalue weighted by atomic mass is 32.1. The maximum atomic E-state index is 3.54. The zero-order valence-corrected chi connectivity index (χ0v) is 10.8. The minimum Gasteiger partial charge on any atom is -0.352 e. The van der Waals surface area contributed by atoms with Gasteiger partial charge in [-0.2, -0.15) is 0 Å². The predicted molar refractivity (Wildman–Crippen MR) is 83.0 cm³/mol. The number of nitrogens with one attached hydrogen (secondary N) is 2.